The summed E-state index contributed by atoms with van der Waals surface area (Å²) in [6.45, 7) is 7.43. The Kier molecular flexibility index (Phi) is 5.52. The van der Waals surface area contributed by atoms with Gasteiger partial charge in [-0.1, -0.05) is 13.0 Å². The number of phenolic OH excluding ortho intramolecular Hbond substituents is 1. The summed E-state index contributed by atoms with van der Waals surface area (Å²) in [5.74, 6) is -1.04. The first-order valence-corrected chi connectivity index (χ1v) is 6.63. The highest BCUT2D eigenvalue weighted by Crippen LogP contribution is 2.35. The Morgan fingerprint density at radius 2 is 1.90 bits per heavy atom. The zero-order valence-electron chi connectivity index (χ0n) is 12.9. The van der Waals surface area contributed by atoms with E-state index in [9.17, 15) is 9.90 Å². The van der Waals surface area contributed by atoms with E-state index < -0.39 is 5.97 Å². The summed E-state index contributed by atoms with van der Waals surface area (Å²) in [6, 6.07) is 0. The molecule has 0 spiro atoms. The summed E-state index contributed by atoms with van der Waals surface area (Å²) in [6.07, 6.45) is 2.75. The van der Waals surface area contributed by atoms with Gasteiger partial charge in [0.05, 0.1) is 19.8 Å². The molecule has 0 unspecified atom stereocenters. The molecular weight excluding hydrogens is 270 g/mol. The molecule has 0 fully saturated rings. The number of allylic oxidation sites excluding steroid dienone is 1. The molecule has 2 N–H and O–H groups in total. The molecule has 0 radical (unpaired) electrons. The lowest BCUT2D eigenvalue weighted by Gasteiger charge is -2.20. The van der Waals surface area contributed by atoms with Crippen LogP contribution in [-0.2, 0) is 22.3 Å². The van der Waals surface area contributed by atoms with Crippen molar-refractivity contribution in [3.05, 3.63) is 40.5 Å². The lowest BCUT2D eigenvalue weighted by Crippen LogP contribution is -2.17. The summed E-state index contributed by atoms with van der Waals surface area (Å²) in [5.41, 5.74) is 2.50. The topological polar surface area (TPSA) is 79.6 Å². The van der Waals surface area contributed by atoms with Gasteiger partial charge in [0, 0.05) is 5.56 Å². The van der Waals surface area contributed by atoms with E-state index in [-0.39, 0.29) is 22.8 Å². The van der Waals surface area contributed by atoms with Gasteiger partial charge in [0.1, 0.15) is 11.3 Å². The Morgan fingerprint density at radius 1 is 1.29 bits per heavy atom. The fourth-order valence-electron chi connectivity index (χ4n) is 2.51. The van der Waals surface area contributed by atoms with E-state index in [0.717, 1.165) is 11.1 Å². The fraction of sp³-hybridized carbons (Fsp3) is 0.375. The van der Waals surface area contributed by atoms with Crippen LogP contribution in [0, 0.1) is 12.3 Å². The SMILES string of the molecule is C=CCc1c(O)c(C(=O)OC)c(C(=N)OC)c(C)c1CC. The number of hydrogen-bond donors (Lipinski definition) is 2. The highest BCUT2D eigenvalue weighted by atomic mass is 16.5. The van der Waals surface area contributed by atoms with E-state index in [1.807, 2.05) is 6.92 Å². The third kappa shape index (κ3) is 2.91. The summed E-state index contributed by atoms with van der Waals surface area (Å²) < 4.78 is 9.69. The largest absolute Gasteiger partial charge is 0.507 e. The molecule has 0 aliphatic rings. The van der Waals surface area contributed by atoms with Gasteiger partial charge >= 0.3 is 5.97 Å². The highest BCUT2D eigenvalue weighted by molar-refractivity contribution is 6.07. The number of carbonyl (C=O) groups is 1. The summed E-state index contributed by atoms with van der Waals surface area (Å²) >= 11 is 0. The van der Waals surface area contributed by atoms with Crippen molar-refractivity contribution in [2.75, 3.05) is 14.2 Å². The Labute approximate surface area is 124 Å². The van der Waals surface area contributed by atoms with Crippen LogP contribution in [0.4, 0.5) is 0 Å². The number of ether oxygens (including phenoxy) is 2. The Hall–Kier alpha value is -2.30. The van der Waals surface area contributed by atoms with Crippen LogP contribution in [0.1, 0.15) is 39.5 Å². The number of phenols is 1. The minimum absolute atomic E-state index is 0.0316. The zero-order valence-corrected chi connectivity index (χ0v) is 12.9. The minimum Gasteiger partial charge on any atom is -0.507 e. The first kappa shape index (κ1) is 16.8. The van der Waals surface area contributed by atoms with Gasteiger partial charge in [0.15, 0.2) is 0 Å². The maximum Gasteiger partial charge on any atom is 0.342 e. The van der Waals surface area contributed by atoms with E-state index in [4.69, 9.17) is 14.9 Å². The van der Waals surface area contributed by atoms with Crippen LogP contribution in [0.5, 0.6) is 5.75 Å². The third-order valence-corrected chi connectivity index (χ3v) is 3.49. The molecule has 0 amide bonds. The molecule has 1 rings (SSSR count). The molecule has 0 atom stereocenters. The second kappa shape index (κ2) is 6.92. The highest BCUT2D eigenvalue weighted by Gasteiger charge is 2.27. The van der Waals surface area contributed by atoms with Crippen LogP contribution < -0.4 is 0 Å². The van der Waals surface area contributed by atoms with Crippen molar-refractivity contribution in [1.29, 1.82) is 5.41 Å². The third-order valence-electron chi connectivity index (χ3n) is 3.49. The Morgan fingerprint density at radius 3 is 2.33 bits per heavy atom. The van der Waals surface area contributed by atoms with Crippen LogP contribution in [0.25, 0.3) is 0 Å². The molecule has 0 bridgehead atoms. The van der Waals surface area contributed by atoms with Gasteiger partial charge in [-0.2, -0.15) is 0 Å². The molecule has 0 aliphatic carbocycles. The molecule has 0 saturated carbocycles. The second-order valence-corrected chi connectivity index (χ2v) is 4.55. The number of methoxy groups -OCH3 is 2. The summed E-state index contributed by atoms with van der Waals surface area (Å²) in [5, 5.41) is 18.4. The average Bonchev–Trinajstić information content (AvgIpc) is 2.49. The number of rotatable bonds is 5. The molecule has 5 nitrogen and oxygen atoms in total. The van der Waals surface area contributed by atoms with Gasteiger partial charge in [-0.15, -0.1) is 6.58 Å². The van der Waals surface area contributed by atoms with E-state index in [0.29, 0.717) is 18.4 Å². The smallest absolute Gasteiger partial charge is 0.342 e. The molecule has 0 saturated heterocycles. The summed E-state index contributed by atoms with van der Waals surface area (Å²) in [4.78, 5) is 12.0. The molecule has 0 aromatic heterocycles. The second-order valence-electron chi connectivity index (χ2n) is 4.55. The maximum absolute atomic E-state index is 12.0. The van der Waals surface area contributed by atoms with Crippen LogP contribution >= 0.6 is 0 Å². The van der Waals surface area contributed by atoms with Crippen LogP contribution in [0.3, 0.4) is 0 Å². The fourth-order valence-corrected chi connectivity index (χ4v) is 2.51. The average molecular weight is 291 g/mol. The van der Waals surface area contributed by atoms with E-state index in [1.54, 1.807) is 13.0 Å². The molecule has 5 heteroatoms. The zero-order chi connectivity index (χ0) is 16.2. The normalized spacial score (nSPS) is 10.1. The molecule has 1 aromatic rings. The molecular formula is C16H21NO4. The lowest BCUT2D eigenvalue weighted by atomic mass is 9.88. The van der Waals surface area contributed by atoms with Gasteiger partial charge < -0.3 is 14.6 Å². The summed E-state index contributed by atoms with van der Waals surface area (Å²) in [7, 11) is 2.58. The predicted octanol–water partition coefficient (Wildman–Crippen LogP) is 2.75. The molecule has 1 aromatic carbocycles. The number of hydrogen-bond acceptors (Lipinski definition) is 5. The van der Waals surface area contributed by atoms with Crippen molar-refractivity contribution in [3.63, 3.8) is 0 Å². The van der Waals surface area contributed by atoms with Crippen molar-refractivity contribution >= 4 is 11.9 Å². The van der Waals surface area contributed by atoms with Crippen molar-refractivity contribution in [2.45, 2.75) is 26.7 Å². The molecule has 114 valence electrons. The quantitative estimate of drug-likeness (QED) is 0.378. The first-order valence-electron chi connectivity index (χ1n) is 6.63. The minimum atomic E-state index is -0.694. The Bertz CT molecular complexity index is 591. The number of benzene rings is 1. The van der Waals surface area contributed by atoms with Crippen molar-refractivity contribution < 1.29 is 19.4 Å². The van der Waals surface area contributed by atoms with E-state index in [2.05, 4.69) is 6.58 Å². The number of esters is 1. The van der Waals surface area contributed by atoms with Gasteiger partial charge in [-0.3, -0.25) is 5.41 Å². The van der Waals surface area contributed by atoms with Gasteiger partial charge in [-0.25, -0.2) is 4.79 Å². The van der Waals surface area contributed by atoms with E-state index in [1.165, 1.54) is 14.2 Å². The van der Waals surface area contributed by atoms with Gasteiger partial charge in [0.25, 0.3) is 0 Å². The van der Waals surface area contributed by atoms with Crippen LogP contribution in [-0.4, -0.2) is 31.2 Å². The lowest BCUT2D eigenvalue weighted by molar-refractivity contribution is 0.0596. The number of nitrogens with one attached hydrogen (secondary N) is 1. The first-order chi connectivity index (χ1) is 9.94. The molecule has 0 heterocycles. The molecule has 0 aliphatic heterocycles. The van der Waals surface area contributed by atoms with E-state index >= 15 is 0 Å². The number of aromatic hydroxyl groups is 1. The van der Waals surface area contributed by atoms with Crippen molar-refractivity contribution in [3.8, 4) is 5.75 Å². The van der Waals surface area contributed by atoms with Crippen LogP contribution in [0.15, 0.2) is 12.7 Å². The predicted molar refractivity (Wildman–Crippen MR) is 81.3 cm³/mol. The van der Waals surface area contributed by atoms with Crippen LogP contribution in [0.2, 0.25) is 0 Å². The van der Waals surface area contributed by atoms with Crippen molar-refractivity contribution in [2.24, 2.45) is 0 Å². The van der Waals surface area contributed by atoms with Gasteiger partial charge in [-0.05, 0) is 30.9 Å². The van der Waals surface area contributed by atoms with Gasteiger partial charge in [0.2, 0.25) is 5.90 Å². The van der Waals surface area contributed by atoms with Crippen molar-refractivity contribution in [1.82, 2.24) is 0 Å². The maximum atomic E-state index is 12.0. The Balaban J connectivity index is 3.85. The number of carbonyl (C=O) groups excluding carboxylic acids is 1. The monoisotopic (exact) mass is 291 g/mol. The molecule has 21 heavy (non-hydrogen) atoms. The standard InChI is InChI=1S/C16H21NO4/c1-6-8-11-10(7-2)9(3)12(15(17)20-4)13(14(11)18)16(19)21-5/h6,17-18H,1,7-8H2,2-5H3.